The predicted octanol–water partition coefficient (Wildman–Crippen LogP) is 5.13. The first kappa shape index (κ1) is 18.6. The van der Waals surface area contributed by atoms with Gasteiger partial charge in [0.1, 0.15) is 0 Å². The van der Waals surface area contributed by atoms with E-state index >= 15 is 0 Å². The van der Waals surface area contributed by atoms with Gasteiger partial charge < -0.3 is 5.32 Å². The van der Waals surface area contributed by atoms with Gasteiger partial charge in [-0.15, -0.1) is 6.58 Å². The molecule has 128 valence electrons. The van der Waals surface area contributed by atoms with Crippen molar-refractivity contribution in [2.45, 2.75) is 11.3 Å². The Morgan fingerprint density at radius 3 is 2.83 bits per heavy atom. The number of nitrogens with one attached hydrogen (secondary N) is 2. The number of carbonyl (C=O) groups excluding carboxylic acids is 1. The zero-order chi connectivity index (χ0) is 17.7. The Balaban J connectivity index is 2.07. The van der Waals surface area contributed by atoms with Crippen molar-refractivity contribution in [3.8, 4) is 0 Å². The molecule has 2 N–H and O–H groups in total. The van der Waals surface area contributed by atoms with Gasteiger partial charge in [0.25, 0.3) is 0 Å². The second-order valence-corrected chi connectivity index (χ2v) is 6.42. The molecule has 1 aromatic carbocycles. The largest absolute Gasteiger partial charge is 0.418 e. The number of urea groups is 1. The Morgan fingerprint density at radius 1 is 1.42 bits per heavy atom. The zero-order valence-corrected chi connectivity index (χ0v) is 14.2. The van der Waals surface area contributed by atoms with E-state index in [1.54, 1.807) is 6.08 Å². The van der Waals surface area contributed by atoms with Gasteiger partial charge in [-0.2, -0.15) is 22.5 Å². The Bertz CT molecular complexity index is 751. The molecule has 24 heavy (non-hydrogen) atoms. The van der Waals surface area contributed by atoms with Crippen molar-refractivity contribution in [2.24, 2.45) is 0 Å². The quantitative estimate of drug-likeness (QED) is 0.544. The number of alkyl halides is 3. The molecule has 1 aromatic heterocycles. The lowest BCUT2D eigenvalue weighted by atomic mass is 10.1. The number of halogens is 4. The molecule has 0 saturated carbocycles. The maximum atomic E-state index is 13.0. The summed E-state index contributed by atoms with van der Waals surface area (Å²) in [5.74, 6) is 0.599. The molecule has 0 aliphatic carbocycles. The molecule has 2 aromatic rings. The average molecular weight is 395 g/mol. The predicted molar refractivity (Wildman–Crippen MR) is 89.9 cm³/mol. The second kappa shape index (κ2) is 7.86. The van der Waals surface area contributed by atoms with Gasteiger partial charge in [-0.1, -0.05) is 29.4 Å². The van der Waals surface area contributed by atoms with Gasteiger partial charge in [-0.05, 0) is 18.2 Å². The van der Waals surface area contributed by atoms with Crippen LogP contribution in [-0.2, 0) is 6.18 Å². The number of carbonyl (C=O) groups is 1. The van der Waals surface area contributed by atoms with Gasteiger partial charge in [0.05, 0.1) is 11.3 Å². The summed E-state index contributed by atoms with van der Waals surface area (Å²) in [6, 6.07) is 2.21. The summed E-state index contributed by atoms with van der Waals surface area (Å²) >= 11 is 7.81. The van der Waals surface area contributed by atoms with Gasteiger partial charge in [-0.3, -0.25) is 5.32 Å². The Labute approximate surface area is 148 Å². The average Bonchev–Trinajstić information content (AvgIpc) is 2.93. The summed E-state index contributed by atoms with van der Waals surface area (Å²) in [6.07, 6.45) is -2.98. The Morgan fingerprint density at radius 2 is 2.17 bits per heavy atom. The number of thioether (sulfide) groups is 1. The fourth-order valence-electron chi connectivity index (χ4n) is 1.56. The van der Waals surface area contributed by atoms with Crippen molar-refractivity contribution in [2.75, 3.05) is 16.4 Å². The highest BCUT2D eigenvalue weighted by molar-refractivity contribution is 7.99. The summed E-state index contributed by atoms with van der Waals surface area (Å²) in [5.41, 5.74) is -1.44. The highest BCUT2D eigenvalue weighted by atomic mass is 35.5. The van der Waals surface area contributed by atoms with Crippen LogP contribution in [0.2, 0.25) is 5.02 Å². The smallest absolute Gasteiger partial charge is 0.307 e. The van der Waals surface area contributed by atoms with Crippen LogP contribution in [0.15, 0.2) is 36.0 Å². The van der Waals surface area contributed by atoms with E-state index in [1.807, 2.05) is 0 Å². The van der Waals surface area contributed by atoms with E-state index in [-0.39, 0.29) is 10.2 Å². The summed E-state index contributed by atoms with van der Waals surface area (Å²) in [5, 5.41) is 5.00. The number of amides is 2. The SMILES string of the molecule is C=CCSc1nsc(NC(=O)Nc2ccc(Cl)cc2C(F)(F)F)n1. The highest BCUT2D eigenvalue weighted by Gasteiger charge is 2.34. The number of hydrogen-bond acceptors (Lipinski definition) is 5. The van der Waals surface area contributed by atoms with Crippen molar-refractivity contribution in [3.05, 3.63) is 41.4 Å². The number of aromatic nitrogens is 2. The topological polar surface area (TPSA) is 66.9 Å². The fourth-order valence-corrected chi connectivity index (χ4v) is 3.01. The lowest BCUT2D eigenvalue weighted by Gasteiger charge is -2.14. The summed E-state index contributed by atoms with van der Waals surface area (Å²) in [7, 11) is 0. The first-order chi connectivity index (χ1) is 11.3. The minimum Gasteiger partial charge on any atom is -0.307 e. The molecule has 0 spiro atoms. The van der Waals surface area contributed by atoms with Crippen LogP contribution in [0.3, 0.4) is 0 Å². The van der Waals surface area contributed by atoms with Crippen LogP contribution >= 0.6 is 34.9 Å². The number of hydrogen-bond donors (Lipinski definition) is 2. The van der Waals surface area contributed by atoms with Crippen LogP contribution in [0.5, 0.6) is 0 Å². The molecule has 0 aliphatic rings. The van der Waals surface area contributed by atoms with Crippen LogP contribution < -0.4 is 10.6 Å². The Hall–Kier alpha value is -1.78. The summed E-state index contributed by atoms with van der Waals surface area (Å²) in [6.45, 7) is 3.56. The van der Waals surface area contributed by atoms with Crippen molar-refractivity contribution in [1.82, 2.24) is 9.36 Å². The van der Waals surface area contributed by atoms with Crippen LogP contribution in [0.1, 0.15) is 5.56 Å². The summed E-state index contributed by atoms with van der Waals surface area (Å²) in [4.78, 5) is 15.9. The van der Waals surface area contributed by atoms with Crippen molar-refractivity contribution in [1.29, 1.82) is 0 Å². The van der Waals surface area contributed by atoms with Crippen molar-refractivity contribution >= 4 is 51.7 Å². The maximum Gasteiger partial charge on any atom is 0.418 e. The third-order valence-corrected chi connectivity index (χ3v) is 4.32. The van der Waals surface area contributed by atoms with Gasteiger partial charge in [0.2, 0.25) is 10.3 Å². The molecule has 2 amide bonds. The third-order valence-electron chi connectivity index (χ3n) is 2.49. The first-order valence-corrected chi connectivity index (χ1v) is 8.45. The third kappa shape index (κ3) is 5.11. The van der Waals surface area contributed by atoms with Gasteiger partial charge in [0.15, 0.2) is 0 Å². The van der Waals surface area contributed by atoms with E-state index in [1.165, 1.54) is 17.8 Å². The maximum absolute atomic E-state index is 13.0. The van der Waals surface area contributed by atoms with Crippen LogP contribution in [0.25, 0.3) is 0 Å². The van der Waals surface area contributed by atoms with Crippen molar-refractivity contribution in [3.63, 3.8) is 0 Å². The molecule has 0 saturated heterocycles. The molecule has 0 unspecified atom stereocenters. The molecule has 11 heteroatoms. The Kier molecular flexibility index (Phi) is 6.08. The number of benzene rings is 1. The molecule has 0 bridgehead atoms. The van der Waals surface area contributed by atoms with Crippen molar-refractivity contribution < 1.29 is 18.0 Å². The van der Waals surface area contributed by atoms with E-state index in [9.17, 15) is 18.0 Å². The molecule has 0 aliphatic heterocycles. The molecular weight excluding hydrogens is 385 g/mol. The molecular formula is C13H10ClF3N4OS2. The van der Waals surface area contributed by atoms with E-state index in [4.69, 9.17) is 11.6 Å². The van der Waals surface area contributed by atoms with E-state index in [2.05, 4.69) is 26.6 Å². The minimum atomic E-state index is -4.65. The van der Waals surface area contributed by atoms with E-state index in [0.29, 0.717) is 10.9 Å². The molecule has 1 heterocycles. The van der Waals surface area contributed by atoms with Crippen LogP contribution in [0.4, 0.5) is 28.8 Å². The lowest BCUT2D eigenvalue weighted by molar-refractivity contribution is -0.136. The first-order valence-electron chi connectivity index (χ1n) is 6.31. The van der Waals surface area contributed by atoms with Gasteiger partial charge >= 0.3 is 12.2 Å². The normalized spacial score (nSPS) is 11.2. The monoisotopic (exact) mass is 394 g/mol. The van der Waals surface area contributed by atoms with Gasteiger partial charge in [-0.25, -0.2) is 4.79 Å². The fraction of sp³-hybridized carbons (Fsp3) is 0.154. The van der Waals surface area contributed by atoms with Crippen LogP contribution in [-0.4, -0.2) is 21.1 Å². The molecule has 0 atom stereocenters. The highest BCUT2D eigenvalue weighted by Crippen LogP contribution is 2.36. The standard InChI is InChI=1S/C13H10ClF3N4OS2/c1-2-5-23-12-20-11(24-21-12)19-10(22)18-9-4-3-7(14)6-8(9)13(15,16)17/h2-4,6H,1,5H2,(H2,18,19,20,21,22). The number of rotatable bonds is 5. The second-order valence-electron chi connectivity index (χ2n) is 4.25. The van der Waals surface area contributed by atoms with E-state index in [0.717, 1.165) is 23.7 Å². The lowest BCUT2D eigenvalue weighted by Crippen LogP contribution is -2.21. The number of anilines is 2. The van der Waals surface area contributed by atoms with E-state index < -0.39 is 23.5 Å². The van der Waals surface area contributed by atoms with Gasteiger partial charge in [0, 0.05) is 22.3 Å². The molecule has 2 rings (SSSR count). The molecule has 0 radical (unpaired) electrons. The zero-order valence-electron chi connectivity index (χ0n) is 11.9. The summed E-state index contributed by atoms with van der Waals surface area (Å²) < 4.78 is 42.9. The molecule has 0 fully saturated rings. The van der Waals surface area contributed by atoms with Crippen LogP contribution in [0, 0.1) is 0 Å². The minimum absolute atomic E-state index is 0.0821. The molecule has 5 nitrogen and oxygen atoms in total. The number of nitrogens with zero attached hydrogens (tertiary/aromatic N) is 2.